The average Bonchev–Trinajstić information content (AvgIpc) is 2.58. The van der Waals surface area contributed by atoms with Gasteiger partial charge in [-0.15, -0.1) is 0 Å². The van der Waals surface area contributed by atoms with Gasteiger partial charge in [-0.05, 0) is 29.4 Å². The molecule has 0 heterocycles. The number of rotatable bonds is 2. The number of alkyl halides is 2. The second-order valence-corrected chi connectivity index (χ2v) is 14.2. The van der Waals surface area contributed by atoms with Crippen LogP contribution in [0.3, 0.4) is 0 Å². The highest BCUT2D eigenvalue weighted by molar-refractivity contribution is 6.83. The van der Waals surface area contributed by atoms with Gasteiger partial charge in [0, 0.05) is 6.42 Å². The molecule has 0 spiro atoms. The second kappa shape index (κ2) is 6.02. The summed E-state index contributed by atoms with van der Waals surface area (Å²) in [6.45, 7) is 9.23. The van der Waals surface area contributed by atoms with Gasteiger partial charge in [-0.25, -0.2) is 0 Å². The molecule has 5 heteroatoms. The molecule has 2 atom stereocenters. The first-order valence-electron chi connectivity index (χ1n) is 8.53. The van der Waals surface area contributed by atoms with Crippen molar-refractivity contribution in [2.24, 2.45) is 0 Å². The minimum absolute atomic E-state index is 0.0632. The molecule has 2 rings (SSSR count). The molecule has 1 aliphatic carbocycles. The van der Waals surface area contributed by atoms with Gasteiger partial charge < -0.3 is 5.11 Å². The molecule has 134 valence electrons. The van der Waals surface area contributed by atoms with Gasteiger partial charge in [0.1, 0.15) is 5.22 Å². The van der Waals surface area contributed by atoms with Crippen molar-refractivity contribution in [2.75, 3.05) is 0 Å². The number of hydrogen-bond donors (Lipinski definition) is 1. The number of benzene rings is 1. The lowest BCUT2D eigenvalue weighted by Gasteiger charge is -2.52. The van der Waals surface area contributed by atoms with Gasteiger partial charge in [-0.3, -0.25) is 4.79 Å². The molecular formula is C19H28F2O2Si. The fraction of sp³-hybridized carbons (Fsp3) is 0.632. The zero-order valence-corrected chi connectivity index (χ0v) is 16.2. The number of ketones is 1. The third-order valence-electron chi connectivity index (χ3n) is 6.31. The highest BCUT2D eigenvalue weighted by Crippen LogP contribution is 2.54. The van der Waals surface area contributed by atoms with E-state index in [4.69, 9.17) is 0 Å². The minimum atomic E-state index is -3.69. The first-order valence-corrected chi connectivity index (χ1v) is 11.5. The van der Waals surface area contributed by atoms with Crippen LogP contribution in [0.1, 0.15) is 51.5 Å². The van der Waals surface area contributed by atoms with E-state index < -0.39 is 30.0 Å². The number of carbonyl (C=O) groups excluding carboxylic acids is 1. The Balaban J connectivity index is 2.57. The van der Waals surface area contributed by atoms with Crippen molar-refractivity contribution in [2.45, 2.75) is 75.2 Å². The van der Waals surface area contributed by atoms with Crippen LogP contribution in [0.2, 0.25) is 18.1 Å². The summed E-state index contributed by atoms with van der Waals surface area (Å²) >= 11 is 0. The molecular weight excluding hydrogens is 326 g/mol. The molecule has 2 unspecified atom stereocenters. The Hall–Kier alpha value is -1.07. The normalized spacial score (nSPS) is 28.5. The van der Waals surface area contributed by atoms with Crippen LogP contribution < -0.4 is 0 Å². The molecule has 0 bridgehead atoms. The lowest BCUT2D eigenvalue weighted by atomic mass is 9.90. The van der Waals surface area contributed by atoms with Crippen LogP contribution in [0.4, 0.5) is 8.78 Å². The minimum Gasteiger partial charge on any atom is -0.387 e. The summed E-state index contributed by atoms with van der Waals surface area (Å²) in [5, 5.41) is 8.62. The molecule has 1 aromatic carbocycles. The van der Waals surface area contributed by atoms with E-state index in [9.17, 15) is 9.90 Å². The van der Waals surface area contributed by atoms with E-state index in [-0.39, 0.29) is 18.8 Å². The van der Waals surface area contributed by atoms with Crippen LogP contribution in [0.15, 0.2) is 30.3 Å². The van der Waals surface area contributed by atoms with Crippen LogP contribution in [-0.4, -0.2) is 30.1 Å². The maximum absolute atomic E-state index is 15.1. The summed E-state index contributed by atoms with van der Waals surface area (Å²) in [6.07, 6.45) is 0.102. The van der Waals surface area contributed by atoms with Gasteiger partial charge in [0.15, 0.2) is 0 Å². The van der Waals surface area contributed by atoms with Crippen LogP contribution in [0, 0.1) is 0 Å². The standard InChI is InChI=1S/C19H28F2O2Si/c1-17(2,3)24(4,5)18(23)13-15(14-9-7-6-8-10-14)11-12-16(22)19(18,20)21/h6-10,15,23H,11-13H2,1-5H3. The van der Waals surface area contributed by atoms with Crippen molar-refractivity contribution in [3.8, 4) is 0 Å². The number of halogens is 2. The van der Waals surface area contributed by atoms with E-state index >= 15 is 8.78 Å². The molecule has 1 N–H and O–H groups in total. The maximum Gasteiger partial charge on any atom is 0.330 e. The molecule has 0 saturated heterocycles. The Kier molecular flexibility index (Phi) is 4.83. The smallest absolute Gasteiger partial charge is 0.330 e. The maximum atomic E-state index is 15.1. The molecule has 0 radical (unpaired) electrons. The summed E-state index contributed by atoms with van der Waals surface area (Å²) < 4.78 is 30.1. The van der Waals surface area contributed by atoms with Crippen molar-refractivity contribution >= 4 is 13.9 Å². The van der Waals surface area contributed by atoms with E-state index in [0.717, 1.165) is 5.56 Å². The fourth-order valence-corrected chi connectivity index (χ4v) is 6.48. The molecule has 0 aliphatic heterocycles. The van der Waals surface area contributed by atoms with Crippen molar-refractivity contribution in [1.29, 1.82) is 0 Å². The number of hydrogen-bond acceptors (Lipinski definition) is 2. The van der Waals surface area contributed by atoms with E-state index in [1.807, 2.05) is 51.1 Å². The van der Waals surface area contributed by atoms with E-state index in [1.165, 1.54) is 0 Å². The molecule has 0 amide bonds. The summed E-state index contributed by atoms with van der Waals surface area (Å²) in [7, 11) is -2.93. The summed E-state index contributed by atoms with van der Waals surface area (Å²) in [5.41, 5.74) is 0.917. The predicted molar refractivity (Wildman–Crippen MR) is 95.1 cm³/mol. The quantitative estimate of drug-likeness (QED) is 0.603. The van der Waals surface area contributed by atoms with Crippen molar-refractivity contribution in [3.05, 3.63) is 35.9 Å². The van der Waals surface area contributed by atoms with Crippen LogP contribution in [0.25, 0.3) is 0 Å². The Morgan fingerprint density at radius 1 is 1.17 bits per heavy atom. The summed E-state index contributed by atoms with van der Waals surface area (Å²) in [5.74, 6) is -5.05. The van der Waals surface area contributed by atoms with Gasteiger partial charge in [-0.2, -0.15) is 8.78 Å². The first kappa shape index (κ1) is 19.3. The van der Waals surface area contributed by atoms with Crippen LogP contribution in [0.5, 0.6) is 0 Å². The van der Waals surface area contributed by atoms with Crippen molar-refractivity contribution in [3.63, 3.8) is 0 Å². The number of carbonyl (C=O) groups is 1. The number of aliphatic hydroxyl groups is 1. The van der Waals surface area contributed by atoms with E-state index in [2.05, 4.69) is 0 Å². The zero-order valence-electron chi connectivity index (χ0n) is 15.2. The molecule has 1 aliphatic rings. The third-order valence-corrected chi connectivity index (χ3v) is 12.6. The highest BCUT2D eigenvalue weighted by atomic mass is 28.3. The molecule has 24 heavy (non-hydrogen) atoms. The Morgan fingerprint density at radius 2 is 1.71 bits per heavy atom. The molecule has 2 nitrogen and oxygen atoms in total. The van der Waals surface area contributed by atoms with Gasteiger partial charge in [0.2, 0.25) is 5.78 Å². The molecule has 1 saturated carbocycles. The molecule has 0 aromatic heterocycles. The molecule has 1 fully saturated rings. The van der Waals surface area contributed by atoms with Crippen molar-refractivity contribution < 1.29 is 18.7 Å². The Morgan fingerprint density at radius 3 is 2.21 bits per heavy atom. The largest absolute Gasteiger partial charge is 0.387 e. The van der Waals surface area contributed by atoms with Crippen molar-refractivity contribution in [1.82, 2.24) is 0 Å². The fourth-order valence-electron chi connectivity index (χ4n) is 3.56. The van der Waals surface area contributed by atoms with Gasteiger partial charge in [0.25, 0.3) is 0 Å². The zero-order chi connectivity index (χ0) is 18.4. The third kappa shape index (κ3) is 2.86. The lowest BCUT2D eigenvalue weighted by Crippen LogP contribution is -2.70. The highest BCUT2D eigenvalue weighted by Gasteiger charge is 2.69. The van der Waals surface area contributed by atoms with E-state index in [0.29, 0.717) is 6.42 Å². The van der Waals surface area contributed by atoms with E-state index in [1.54, 1.807) is 13.1 Å². The van der Waals surface area contributed by atoms with Gasteiger partial charge in [0.05, 0.1) is 8.07 Å². The summed E-state index contributed by atoms with van der Waals surface area (Å²) in [4.78, 5) is 12.2. The van der Waals surface area contributed by atoms with Gasteiger partial charge in [-0.1, -0.05) is 64.2 Å². The lowest BCUT2D eigenvalue weighted by molar-refractivity contribution is -0.171. The van der Waals surface area contributed by atoms with Gasteiger partial charge >= 0.3 is 5.92 Å². The van der Waals surface area contributed by atoms with Crippen LogP contribution in [-0.2, 0) is 4.79 Å². The topological polar surface area (TPSA) is 37.3 Å². The van der Waals surface area contributed by atoms with Crippen LogP contribution >= 0.6 is 0 Å². The Labute approximate surface area is 144 Å². The molecule has 1 aromatic rings. The average molecular weight is 355 g/mol. The predicted octanol–water partition coefficient (Wildman–Crippen LogP) is 4.94. The monoisotopic (exact) mass is 354 g/mol. The Bertz CT molecular complexity index is 608. The first-order chi connectivity index (χ1) is 10.8. The number of Topliss-reactive ketones (excluding diaryl/α,β-unsaturated/α-hetero) is 1. The summed E-state index contributed by atoms with van der Waals surface area (Å²) in [6, 6.07) is 9.40. The second-order valence-electron chi connectivity index (χ2n) is 8.58. The SMILES string of the molecule is CC(C)(C)[Si](C)(C)C1(O)CC(c2ccccc2)CCC(=O)C1(F)F.